The van der Waals surface area contributed by atoms with E-state index in [0.717, 1.165) is 55.4 Å². The van der Waals surface area contributed by atoms with Crippen molar-refractivity contribution in [3.05, 3.63) is 46.5 Å². The van der Waals surface area contributed by atoms with Gasteiger partial charge in [0.2, 0.25) is 5.91 Å². The number of halogens is 1. The number of imide groups is 1. The van der Waals surface area contributed by atoms with Gasteiger partial charge in [0, 0.05) is 13.0 Å². The quantitative estimate of drug-likeness (QED) is 0.308. The van der Waals surface area contributed by atoms with Crippen LogP contribution in [0.15, 0.2) is 40.9 Å². The number of carbonyl (C=O) groups excluding carboxylic acids is 3. The number of ether oxygens (including phenoxy) is 2. The largest absolute Gasteiger partial charge is 0.447 e. The zero-order chi connectivity index (χ0) is 26.8. The first-order valence-corrected chi connectivity index (χ1v) is 14.0. The molecule has 37 heavy (non-hydrogen) atoms. The van der Waals surface area contributed by atoms with Crippen LogP contribution in [0.25, 0.3) is 0 Å². The first-order valence-electron chi connectivity index (χ1n) is 13.2. The number of nitrogens with zero attached hydrogens (tertiary/aromatic N) is 1. The number of carbonyl (C=O) groups is 3. The van der Waals surface area contributed by atoms with Gasteiger partial charge in [0.25, 0.3) is 0 Å². The molecule has 2 N–H and O–H groups in total. The number of aliphatic hydroxyl groups is 2. The molecule has 0 bridgehead atoms. The monoisotopic (exact) mass is 579 g/mol. The minimum atomic E-state index is -1.71. The van der Waals surface area contributed by atoms with Gasteiger partial charge in [0.15, 0.2) is 11.6 Å². The van der Waals surface area contributed by atoms with Crippen molar-refractivity contribution in [2.45, 2.75) is 89.1 Å². The fourth-order valence-electron chi connectivity index (χ4n) is 4.82. The summed E-state index contributed by atoms with van der Waals surface area (Å²) in [5, 5.41) is 20.0. The number of benzene rings is 1. The van der Waals surface area contributed by atoms with E-state index >= 15 is 0 Å². The Kier molecular flexibility index (Phi) is 11.3. The Morgan fingerprint density at radius 1 is 1.08 bits per heavy atom. The predicted octanol–water partition coefficient (Wildman–Crippen LogP) is 4.65. The molecule has 204 valence electrons. The molecule has 0 radical (unpaired) electrons. The molecule has 1 aromatic carbocycles. The highest BCUT2D eigenvalue weighted by molar-refractivity contribution is 9.11. The Balaban J connectivity index is 1.57. The van der Waals surface area contributed by atoms with Crippen molar-refractivity contribution in [2.75, 3.05) is 13.2 Å². The zero-order valence-electron chi connectivity index (χ0n) is 21.4. The average molecular weight is 581 g/mol. The van der Waals surface area contributed by atoms with Crippen LogP contribution >= 0.6 is 15.9 Å². The van der Waals surface area contributed by atoms with Crippen LogP contribution in [-0.4, -0.2) is 64.0 Å². The van der Waals surface area contributed by atoms with E-state index < -0.39 is 41.6 Å². The predicted molar refractivity (Wildman–Crippen MR) is 142 cm³/mol. The fraction of sp³-hybridized carbons (Fsp3) is 0.607. The van der Waals surface area contributed by atoms with Crippen LogP contribution in [0.3, 0.4) is 0 Å². The third kappa shape index (κ3) is 7.96. The van der Waals surface area contributed by atoms with Crippen LogP contribution in [0, 0.1) is 5.92 Å². The van der Waals surface area contributed by atoms with E-state index in [1.807, 2.05) is 30.3 Å². The first kappa shape index (κ1) is 29.5. The first-order chi connectivity index (χ1) is 17.8. The van der Waals surface area contributed by atoms with Crippen molar-refractivity contribution in [3.8, 4) is 0 Å². The number of ketones is 1. The summed E-state index contributed by atoms with van der Waals surface area (Å²) in [4.78, 5) is 39.7. The normalized spacial score (nSPS) is 24.6. The van der Waals surface area contributed by atoms with Gasteiger partial charge in [-0.3, -0.25) is 9.59 Å². The molecule has 0 unspecified atom stereocenters. The molecule has 2 aliphatic rings. The van der Waals surface area contributed by atoms with Crippen LogP contribution in [0.2, 0.25) is 0 Å². The number of unbranched alkanes of at least 4 members (excludes halogenated alkanes) is 7. The van der Waals surface area contributed by atoms with Crippen LogP contribution in [-0.2, 0) is 25.5 Å². The van der Waals surface area contributed by atoms with Gasteiger partial charge in [0.1, 0.15) is 12.7 Å². The number of cyclic esters (lactones) is 1. The van der Waals surface area contributed by atoms with Gasteiger partial charge in [-0.05, 0) is 46.8 Å². The Labute approximate surface area is 227 Å². The summed E-state index contributed by atoms with van der Waals surface area (Å²) >= 11 is 3.28. The highest BCUT2D eigenvalue weighted by atomic mass is 79.9. The van der Waals surface area contributed by atoms with Gasteiger partial charge in [-0.25, -0.2) is 9.69 Å². The molecule has 0 spiro atoms. The van der Waals surface area contributed by atoms with E-state index in [0.29, 0.717) is 12.8 Å². The molecular formula is C28H38BrNO7. The SMILES string of the molecule is C[C@@H](C(=O)N1C(=O)OC[C@H]1Cc1ccccc1)[C@H]1O[C@@](O)(CCCCCCCCCCO)C(Br)=CC1=O. The number of amides is 2. The molecule has 0 aromatic heterocycles. The van der Waals surface area contributed by atoms with Crippen molar-refractivity contribution < 1.29 is 34.1 Å². The van der Waals surface area contributed by atoms with Crippen LogP contribution < -0.4 is 0 Å². The summed E-state index contributed by atoms with van der Waals surface area (Å²) in [7, 11) is 0. The number of hydrogen-bond donors (Lipinski definition) is 2. The Morgan fingerprint density at radius 2 is 1.70 bits per heavy atom. The zero-order valence-corrected chi connectivity index (χ0v) is 23.0. The molecule has 1 aromatic rings. The van der Waals surface area contributed by atoms with Gasteiger partial charge in [-0.1, -0.05) is 75.8 Å². The second kappa shape index (κ2) is 14.2. The fourth-order valence-corrected chi connectivity index (χ4v) is 5.34. The lowest BCUT2D eigenvalue weighted by Gasteiger charge is -2.37. The molecule has 2 heterocycles. The van der Waals surface area contributed by atoms with Gasteiger partial charge >= 0.3 is 6.09 Å². The molecule has 1 saturated heterocycles. The van der Waals surface area contributed by atoms with Crippen LogP contribution in [0.4, 0.5) is 4.79 Å². The Hall–Kier alpha value is -2.07. The lowest BCUT2D eigenvalue weighted by Crippen LogP contribution is -2.52. The minimum absolute atomic E-state index is 0.0858. The summed E-state index contributed by atoms with van der Waals surface area (Å²) < 4.78 is 11.3. The molecule has 9 heteroatoms. The van der Waals surface area contributed by atoms with Crippen molar-refractivity contribution in [2.24, 2.45) is 5.92 Å². The second-order valence-electron chi connectivity index (χ2n) is 9.94. The maximum Gasteiger partial charge on any atom is 0.416 e. The van der Waals surface area contributed by atoms with Gasteiger partial charge < -0.3 is 19.7 Å². The van der Waals surface area contributed by atoms with Gasteiger partial charge in [0.05, 0.1) is 16.4 Å². The molecule has 4 atom stereocenters. The summed E-state index contributed by atoms with van der Waals surface area (Å²) in [5.74, 6) is -3.69. The van der Waals surface area contributed by atoms with E-state index in [1.54, 1.807) is 6.92 Å². The number of hydrogen-bond acceptors (Lipinski definition) is 7. The highest BCUT2D eigenvalue weighted by Crippen LogP contribution is 2.37. The van der Waals surface area contributed by atoms with E-state index in [1.165, 1.54) is 6.08 Å². The minimum Gasteiger partial charge on any atom is -0.447 e. The third-order valence-electron chi connectivity index (χ3n) is 7.02. The van der Waals surface area contributed by atoms with Gasteiger partial charge in [-0.15, -0.1) is 0 Å². The molecule has 1 fully saturated rings. The smallest absolute Gasteiger partial charge is 0.416 e. The standard InChI is InChI=1S/C28H38BrNO7/c1-20(26(33)30-22(19-36-27(30)34)17-21-13-9-8-10-14-21)25-23(32)18-24(29)28(35,37-25)15-11-6-4-2-3-5-7-12-16-31/h8-10,13-14,18,20,22,25,31,35H,2-7,11-12,15-17,19H2,1H3/t20-,22-,25-,28+/m1/s1. The third-order valence-corrected chi connectivity index (χ3v) is 7.87. The summed E-state index contributed by atoms with van der Waals surface area (Å²) in [6.45, 7) is 1.87. The van der Waals surface area contributed by atoms with Crippen molar-refractivity contribution in [1.29, 1.82) is 0 Å². The van der Waals surface area contributed by atoms with E-state index in [-0.39, 0.29) is 24.1 Å². The molecule has 8 nitrogen and oxygen atoms in total. The molecule has 0 saturated carbocycles. The molecule has 3 rings (SSSR count). The lowest BCUT2D eigenvalue weighted by atomic mass is 9.93. The maximum atomic E-state index is 13.4. The van der Waals surface area contributed by atoms with Gasteiger partial charge in [-0.2, -0.15) is 0 Å². The molecule has 2 amide bonds. The van der Waals surface area contributed by atoms with Crippen LogP contribution in [0.5, 0.6) is 0 Å². The Bertz CT molecular complexity index is 953. The lowest BCUT2D eigenvalue weighted by molar-refractivity contribution is -0.217. The Morgan fingerprint density at radius 3 is 2.35 bits per heavy atom. The second-order valence-corrected chi connectivity index (χ2v) is 10.8. The number of rotatable bonds is 14. The van der Waals surface area contributed by atoms with E-state index in [2.05, 4.69) is 15.9 Å². The average Bonchev–Trinajstić information content (AvgIpc) is 3.24. The summed E-state index contributed by atoms with van der Waals surface area (Å²) in [6.07, 6.45) is 7.87. The van der Waals surface area contributed by atoms with Crippen molar-refractivity contribution >= 4 is 33.7 Å². The maximum absolute atomic E-state index is 13.4. The summed E-state index contributed by atoms with van der Waals surface area (Å²) in [5.41, 5.74) is 0.965. The number of aliphatic hydroxyl groups excluding tert-OH is 1. The van der Waals surface area contributed by atoms with E-state index in [4.69, 9.17) is 14.6 Å². The molecule has 2 aliphatic heterocycles. The van der Waals surface area contributed by atoms with E-state index in [9.17, 15) is 19.5 Å². The van der Waals surface area contributed by atoms with Crippen molar-refractivity contribution in [1.82, 2.24) is 4.90 Å². The van der Waals surface area contributed by atoms with Crippen LogP contribution in [0.1, 0.15) is 70.3 Å². The van der Waals surface area contributed by atoms with Crippen molar-refractivity contribution in [3.63, 3.8) is 0 Å². The highest BCUT2D eigenvalue weighted by Gasteiger charge is 2.48. The molecule has 0 aliphatic carbocycles. The topological polar surface area (TPSA) is 113 Å². The summed E-state index contributed by atoms with van der Waals surface area (Å²) in [6, 6.07) is 9.03. The molecular weight excluding hydrogens is 542 g/mol.